The molecule has 2 aliphatic carbocycles. The highest BCUT2D eigenvalue weighted by Crippen LogP contribution is 2.35. The SMILES string of the molecule is O=C(CCc1nc2ccccc2s1)N(C1CCCC1)C1CC1. The van der Waals surface area contributed by atoms with Crippen molar-refractivity contribution in [1.82, 2.24) is 9.88 Å². The summed E-state index contributed by atoms with van der Waals surface area (Å²) >= 11 is 1.73. The van der Waals surface area contributed by atoms with E-state index in [0.717, 1.165) is 16.9 Å². The standard InChI is InChI=1S/C18H22N2OS/c21-18(20(14-9-10-14)13-5-1-2-6-13)12-11-17-19-15-7-3-4-8-16(15)22-17/h3-4,7-8,13-14H,1-2,5-6,9-12H2. The van der Waals surface area contributed by atoms with E-state index in [-0.39, 0.29) is 0 Å². The molecule has 1 amide bonds. The summed E-state index contributed by atoms with van der Waals surface area (Å²) in [6.45, 7) is 0. The Morgan fingerprint density at radius 1 is 1.14 bits per heavy atom. The molecule has 116 valence electrons. The van der Waals surface area contributed by atoms with Crippen LogP contribution in [0.1, 0.15) is 50.0 Å². The van der Waals surface area contributed by atoms with E-state index >= 15 is 0 Å². The van der Waals surface area contributed by atoms with Crippen LogP contribution in [-0.4, -0.2) is 27.9 Å². The summed E-state index contributed by atoms with van der Waals surface area (Å²) in [5.74, 6) is 0.355. The van der Waals surface area contributed by atoms with Gasteiger partial charge in [-0.05, 0) is 37.8 Å². The average Bonchev–Trinajstić information content (AvgIpc) is 3.05. The maximum absolute atomic E-state index is 12.7. The largest absolute Gasteiger partial charge is 0.337 e. The fraction of sp³-hybridized carbons (Fsp3) is 0.556. The van der Waals surface area contributed by atoms with Gasteiger partial charge in [-0.2, -0.15) is 0 Å². The minimum Gasteiger partial charge on any atom is -0.337 e. The fourth-order valence-electron chi connectivity index (χ4n) is 3.61. The van der Waals surface area contributed by atoms with Crippen LogP contribution >= 0.6 is 11.3 Å². The van der Waals surface area contributed by atoms with E-state index in [1.807, 2.05) is 18.2 Å². The minimum atomic E-state index is 0.355. The molecule has 2 aromatic rings. The predicted molar refractivity (Wildman–Crippen MR) is 90.1 cm³/mol. The second-order valence-electron chi connectivity index (χ2n) is 6.55. The van der Waals surface area contributed by atoms with Gasteiger partial charge < -0.3 is 4.90 Å². The number of hydrogen-bond donors (Lipinski definition) is 0. The molecule has 0 saturated heterocycles. The average molecular weight is 314 g/mol. The van der Waals surface area contributed by atoms with E-state index in [4.69, 9.17) is 0 Å². The zero-order valence-electron chi connectivity index (χ0n) is 12.8. The highest BCUT2D eigenvalue weighted by Gasteiger charge is 2.37. The van der Waals surface area contributed by atoms with Crippen molar-refractivity contribution < 1.29 is 4.79 Å². The number of carbonyl (C=O) groups is 1. The van der Waals surface area contributed by atoms with Crippen LogP contribution in [0.4, 0.5) is 0 Å². The third-order valence-electron chi connectivity index (χ3n) is 4.84. The summed E-state index contributed by atoms with van der Waals surface area (Å²) in [6, 6.07) is 9.29. The Morgan fingerprint density at radius 2 is 1.86 bits per heavy atom. The van der Waals surface area contributed by atoms with Crippen LogP contribution in [0.2, 0.25) is 0 Å². The van der Waals surface area contributed by atoms with Crippen molar-refractivity contribution in [2.75, 3.05) is 0 Å². The molecule has 1 aromatic heterocycles. The summed E-state index contributed by atoms with van der Waals surface area (Å²) in [6.07, 6.45) is 8.83. The lowest BCUT2D eigenvalue weighted by molar-refractivity contribution is -0.134. The van der Waals surface area contributed by atoms with Gasteiger partial charge in [0.2, 0.25) is 5.91 Å². The number of thiazole rings is 1. The number of aryl methyl sites for hydroxylation is 1. The number of nitrogens with zero attached hydrogens (tertiary/aromatic N) is 2. The van der Waals surface area contributed by atoms with E-state index in [1.165, 1.54) is 43.2 Å². The summed E-state index contributed by atoms with van der Waals surface area (Å²) < 4.78 is 1.22. The number of amides is 1. The Bertz CT molecular complexity index is 638. The Hall–Kier alpha value is -1.42. The lowest BCUT2D eigenvalue weighted by Crippen LogP contribution is -2.40. The molecule has 0 unspecified atom stereocenters. The van der Waals surface area contributed by atoms with Crippen molar-refractivity contribution in [1.29, 1.82) is 0 Å². The number of hydrogen-bond acceptors (Lipinski definition) is 3. The van der Waals surface area contributed by atoms with Crippen LogP contribution in [-0.2, 0) is 11.2 Å². The second kappa shape index (κ2) is 5.99. The van der Waals surface area contributed by atoms with Crippen molar-refractivity contribution in [3.8, 4) is 0 Å². The van der Waals surface area contributed by atoms with Gasteiger partial charge in [-0.25, -0.2) is 4.98 Å². The molecule has 0 N–H and O–H groups in total. The number of fused-ring (bicyclic) bond motifs is 1. The molecule has 0 radical (unpaired) electrons. The van der Waals surface area contributed by atoms with Crippen LogP contribution in [0, 0.1) is 0 Å². The molecule has 1 heterocycles. The van der Waals surface area contributed by atoms with Crippen molar-refractivity contribution in [3.63, 3.8) is 0 Å². The smallest absolute Gasteiger partial charge is 0.223 e. The second-order valence-corrected chi connectivity index (χ2v) is 7.66. The van der Waals surface area contributed by atoms with E-state index in [0.29, 0.717) is 24.4 Å². The lowest BCUT2D eigenvalue weighted by atomic mass is 10.1. The quantitative estimate of drug-likeness (QED) is 0.830. The van der Waals surface area contributed by atoms with Crippen molar-refractivity contribution in [3.05, 3.63) is 29.3 Å². The summed E-state index contributed by atoms with van der Waals surface area (Å²) in [5, 5.41) is 1.09. The molecule has 2 aliphatic rings. The van der Waals surface area contributed by atoms with E-state index in [1.54, 1.807) is 11.3 Å². The molecule has 1 aromatic carbocycles. The van der Waals surface area contributed by atoms with Gasteiger partial charge in [0.1, 0.15) is 0 Å². The highest BCUT2D eigenvalue weighted by molar-refractivity contribution is 7.18. The van der Waals surface area contributed by atoms with Gasteiger partial charge in [0.15, 0.2) is 0 Å². The minimum absolute atomic E-state index is 0.355. The zero-order valence-corrected chi connectivity index (χ0v) is 13.6. The first-order valence-corrected chi connectivity index (χ1v) is 9.28. The number of carbonyl (C=O) groups excluding carboxylic acids is 1. The molecular formula is C18H22N2OS. The van der Waals surface area contributed by atoms with Crippen LogP contribution in [0.3, 0.4) is 0 Å². The van der Waals surface area contributed by atoms with Crippen LogP contribution in [0.5, 0.6) is 0 Å². The summed E-state index contributed by atoms with van der Waals surface area (Å²) in [7, 11) is 0. The Balaban J connectivity index is 1.42. The Kier molecular flexibility index (Phi) is 3.87. The molecule has 0 aliphatic heterocycles. The lowest BCUT2D eigenvalue weighted by Gasteiger charge is -2.29. The molecule has 3 nitrogen and oxygen atoms in total. The molecule has 4 rings (SSSR count). The third-order valence-corrected chi connectivity index (χ3v) is 5.93. The van der Waals surface area contributed by atoms with E-state index < -0.39 is 0 Å². The zero-order chi connectivity index (χ0) is 14.9. The first-order chi connectivity index (χ1) is 10.8. The topological polar surface area (TPSA) is 33.2 Å². The maximum Gasteiger partial charge on any atom is 0.223 e. The first kappa shape index (κ1) is 14.2. The molecule has 4 heteroatoms. The van der Waals surface area contributed by atoms with Gasteiger partial charge in [0, 0.05) is 24.9 Å². The normalized spacial score (nSPS) is 18.9. The fourth-order valence-corrected chi connectivity index (χ4v) is 4.58. The van der Waals surface area contributed by atoms with Gasteiger partial charge in [-0.3, -0.25) is 4.79 Å². The molecule has 2 saturated carbocycles. The van der Waals surface area contributed by atoms with Crippen molar-refractivity contribution in [2.45, 2.75) is 63.5 Å². The Morgan fingerprint density at radius 3 is 2.59 bits per heavy atom. The molecular weight excluding hydrogens is 292 g/mol. The summed E-state index contributed by atoms with van der Waals surface area (Å²) in [5.41, 5.74) is 1.06. The monoisotopic (exact) mass is 314 g/mol. The molecule has 0 atom stereocenters. The molecule has 0 bridgehead atoms. The van der Waals surface area contributed by atoms with Gasteiger partial charge in [-0.15, -0.1) is 11.3 Å². The van der Waals surface area contributed by atoms with Crippen LogP contribution < -0.4 is 0 Å². The van der Waals surface area contributed by atoms with Crippen molar-refractivity contribution in [2.24, 2.45) is 0 Å². The van der Waals surface area contributed by atoms with Gasteiger partial charge in [0.25, 0.3) is 0 Å². The van der Waals surface area contributed by atoms with Crippen molar-refractivity contribution >= 4 is 27.5 Å². The van der Waals surface area contributed by atoms with E-state index in [2.05, 4.69) is 16.0 Å². The highest BCUT2D eigenvalue weighted by atomic mass is 32.1. The number of aromatic nitrogens is 1. The van der Waals surface area contributed by atoms with Crippen LogP contribution in [0.15, 0.2) is 24.3 Å². The predicted octanol–water partition coefficient (Wildman–Crippen LogP) is 4.16. The molecule has 2 fully saturated rings. The third kappa shape index (κ3) is 2.89. The first-order valence-electron chi connectivity index (χ1n) is 8.47. The van der Waals surface area contributed by atoms with Gasteiger partial charge in [-0.1, -0.05) is 25.0 Å². The number of para-hydroxylation sites is 1. The maximum atomic E-state index is 12.7. The Labute approximate surface area is 135 Å². The van der Waals surface area contributed by atoms with Gasteiger partial charge >= 0.3 is 0 Å². The van der Waals surface area contributed by atoms with Crippen LogP contribution in [0.25, 0.3) is 10.2 Å². The molecule has 0 spiro atoms. The molecule has 22 heavy (non-hydrogen) atoms. The van der Waals surface area contributed by atoms with Gasteiger partial charge in [0.05, 0.1) is 15.2 Å². The summed E-state index contributed by atoms with van der Waals surface area (Å²) in [4.78, 5) is 19.6. The number of benzene rings is 1. The van der Waals surface area contributed by atoms with E-state index in [9.17, 15) is 4.79 Å². The number of rotatable bonds is 5.